The smallest absolute Gasteiger partial charge is 0.345 e. The molecule has 6 nitrogen and oxygen atoms in total. The number of rotatable bonds is 11. The molecule has 0 aromatic heterocycles. The van der Waals surface area contributed by atoms with Crippen molar-refractivity contribution >= 4 is 5.97 Å². The number of methoxy groups -OCH3 is 2. The lowest BCUT2D eigenvalue weighted by atomic mass is 9.80. The number of carbonyl (C=O) groups is 1. The summed E-state index contributed by atoms with van der Waals surface area (Å²) in [5.41, 5.74) is 9.60. The Morgan fingerprint density at radius 2 is 1.17 bits per heavy atom. The minimum atomic E-state index is -1.15. The fourth-order valence-corrected chi connectivity index (χ4v) is 5.06. The molecule has 0 bridgehead atoms. The van der Waals surface area contributed by atoms with Crippen molar-refractivity contribution in [3.05, 3.63) is 161 Å². The van der Waals surface area contributed by atoms with Gasteiger partial charge in [-0.05, 0) is 29.8 Å². The zero-order chi connectivity index (χ0) is 29.4. The van der Waals surface area contributed by atoms with Crippen LogP contribution in [0.2, 0.25) is 0 Å². The molecule has 0 amide bonds. The van der Waals surface area contributed by atoms with Gasteiger partial charge in [0.1, 0.15) is 17.2 Å². The van der Waals surface area contributed by atoms with Crippen LogP contribution in [-0.2, 0) is 15.1 Å². The monoisotopic (exact) mass is 559 g/mol. The van der Waals surface area contributed by atoms with E-state index in [1.165, 1.54) is 0 Å². The third-order valence-electron chi connectivity index (χ3n) is 7.18. The number of hydrogen-bond acceptors (Lipinski definition) is 6. The molecule has 212 valence electrons. The number of ether oxygens (including phenoxy) is 4. The molecule has 5 rings (SSSR count). The number of hydrogen-bond donors (Lipinski definition) is 1. The quantitative estimate of drug-likeness (QED) is 0.144. The summed E-state index contributed by atoms with van der Waals surface area (Å²) in [6, 6.07) is 41.7. The number of benzene rings is 5. The third-order valence-corrected chi connectivity index (χ3v) is 7.18. The first-order valence-electron chi connectivity index (χ1n) is 13.6. The second-order valence-electron chi connectivity index (χ2n) is 9.70. The van der Waals surface area contributed by atoms with Gasteiger partial charge in [0.15, 0.2) is 12.2 Å². The summed E-state index contributed by atoms with van der Waals surface area (Å²) in [7, 11) is 3.21. The largest absolute Gasteiger partial charge is 0.497 e. The van der Waals surface area contributed by atoms with E-state index < -0.39 is 17.6 Å². The Morgan fingerprint density at radius 3 is 1.64 bits per heavy atom. The lowest BCUT2D eigenvalue weighted by Crippen LogP contribution is -2.36. The second-order valence-corrected chi connectivity index (χ2v) is 9.70. The maximum Gasteiger partial charge on any atom is 0.345 e. The van der Waals surface area contributed by atoms with E-state index in [4.69, 9.17) is 24.7 Å². The predicted octanol–water partition coefficient (Wildman–Crippen LogP) is 6.67. The van der Waals surface area contributed by atoms with Gasteiger partial charge in [0, 0.05) is 28.3 Å². The molecule has 0 aliphatic carbocycles. The Balaban J connectivity index is 1.36. The Hall–Kier alpha value is -5.07. The minimum Gasteiger partial charge on any atom is -0.497 e. The summed E-state index contributed by atoms with van der Waals surface area (Å²) in [6.45, 7) is -0.272. The van der Waals surface area contributed by atoms with Gasteiger partial charge in [-0.25, -0.2) is 4.79 Å². The first kappa shape index (κ1) is 28.5. The Kier molecular flexibility index (Phi) is 8.85. The zero-order valence-electron chi connectivity index (χ0n) is 23.6. The SMILES string of the molecule is COc1ccc(C(N)c2ccc(OCC(=O)OC(c3ccccc3)(c3ccccc3)c3ccccc3)cc2)c(OC)c1. The van der Waals surface area contributed by atoms with Crippen molar-refractivity contribution in [2.75, 3.05) is 20.8 Å². The van der Waals surface area contributed by atoms with Crippen LogP contribution in [0.1, 0.15) is 33.9 Å². The van der Waals surface area contributed by atoms with Gasteiger partial charge in [-0.15, -0.1) is 0 Å². The van der Waals surface area contributed by atoms with Gasteiger partial charge in [0.05, 0.1) is 20.3 Å². The van der Waals surface area contributed by atoms with Crippen LogP contribution in [0.3, 0.4) is 0 Å². The Bertz CT molecular complexity index is 1490. The molecule has 1 atom stereocenters. The standard InChI is InChI=1S/C36H33NO5/c1-39-31-22-23-32(33(24-31)40-2)35(37)26-18-20-30(21-19-26)41-25-34(38)42-36(27-12-6-3-7-13-27,28-14-8-4-9-15-28)29-16-10-5-11-17-29/h3-24,35H,25,37H2,1-2H3. The first-order valence-corrected chi connectivity index (χ1v) is 13.6. The van der Waals surface area contributed by atoms with Crippen LogP contribution < -0.4 is 19.9 Å². The van der Waals surface area contributed by atoms with Crippen LogP contribution in [0.4, 0.5) is 0 Å². The van der Waals surface area contributed by atoms with Gasteiger partial charge in [0.25, 0.3) is 0 Å². The van der Waals surface area contributed by atoms with Crippen molar-refractivity contribution in [3.63, 3.8) is 0 Å². The molecule has 42 heavy (non-hydrogen) atoms. The lowest BCUT2D eigenvalue weighted by Gasteiger charge is -2.35. The van der Waals surface area contributed by atoms with Gasteiger partial charge in [-0.1, -0.05) is 103 Å². The summed E-state index contributed by atoms with van der Waals surface area (Å²) in [6.07, 6.45) is 0. The van der Waals surface area contributed by atoms with E-state index in [9.17, 15) is 4.79 Å². The van der Waals surface area contributed by atoms with Crippen LogP contribution in [0, 0.1) is 0 Å². The van der Waals surface area contributed by atoms with Crippen LogP contribution in [0.5, 0.6) is 17.2 Å². The average Bonchev–Trinajstić information content (AvgIpc) is 3.07. The molecule has 6 heteroatoms. The van der Waals surface area contributed by atoms with Gasteiger partial charge in [-0.3, -0.25) is 0 Å². The highest BCUT2D eigenvalue weighted by Gasteiger charge is 2.40. The molecular formula is C36H33NO5. The van der Waals surface area contributed by atoms with E-state index in [1.54, 1.807) is 32.4 Å². The van der Waals surface area contributed by atoms with E-state index in [0.29, 0.717) is 17.2 Å². The molecule has 5 aromatic carbocycles. The summed E-state index contributed by atoms with van der Waals surface area (Å²) in [5.74, 6) is 1.35. The van der Waals surface area contributed by atoms with E-state index in [1.807, 2.05) is 115 Å². The van der Waals surface area contributed by atoms with Crippen molar-refractivity contribution in [1.82, 2.24) is 0 Å². The third kappa shape index (κ3) is 5.99. The maximum atomic E-state index is 13.4. The van der Waals surface area contributed by atoms with Crippen molar-refractivity contribution in [2.24, 2.45) is 5.73 Å². The average molecular weight is 560 g/mol. The highest BCUT2D eigenvalue weighted by molar-refractivity contribution is 5.73. The van der Waals surface area contributed by atoms with Gasteiger partial charge in [0.2, 0.25) is 0 Å². The van der Waals surface area contributed by atoms with Gasteiger partial charge < -0.3 is 24.7 Å². The normalized spacial score (nSPS) is 11.8. The zero-order valence-corrected chi connectivity index (χ0v) is 23.6. The summed E-state index contributed by atoms with van der Waals surface area (Å²) < 4.78 is 23.1. The molecule has 0 radical (unpaired) electrons. The molecule has 0 spiro atoms. The molecule has 0 fully saturated rings. The van der Waals surface area contributed by atoms with Crippen LogP contribution in [-0.4, -0.2) is 26.8 Å². The molecule has 0 saturated heterocycles. The number of carbonyl (C=O) groups excluding carboxylic acids is 1. The van der Waals surface area contributed by atoms with Crippen molar-refractivity contribution in [2.45, 2.75) is 11.6 Å². The Morgan fingerprint density at radius 1 is 0.667 bits per heavy atom. The van der Waals surface area contributed by atoms with Crippen molar-refractivity contribution in [1.29, 1.82) is 0 Å². The topological polar surface area (TPSA) is 80.0 Å². The minimum absolute atomic E-state index is 0.272. The molecule has 0 aliphatic heterocycles. The lowest BCUT2D eigenvalue weighted by molar-refractivity contribution is -0.155. The van der Waals surface area contributed by atoms with Crippen LogP contribution >= 0.6 is 0 Å². The first-order chi connectivity index (χ1) is 20.5. The van der Waals surface area contributed by atoms with Gasteiger partial charge >= 0.3 is 5.97 Å². The fraction of sp³-hybridized carbons (Fsp3) is 0.139. The second kappa shape index (κ2) is 13.1. The summed E-state index contributed by atoms with van der Waals surface area (Å²) in [4.78, 5) is 13.4. The molecule has 2 N–H and O–H groups in total. The van der Waals surface area contributed by atoms with E-state index in [2.05, 4.69) is 0 Å². The molecule has 0 saturated carbocycles. The molecule has 5 aromatic rings. The maximum absolute atomic E-state index is 13.4. The van der Waals surface area contributed by atoms with E-state index in [-0.39, 0.29) is 6.61 Å². The van der Waals surface area contributed by atoms with Gasteiger partial charge in [-0.2, -0.15) is 0 Å². The fourth-order valence-electron chi connectivity index (χ4n) is 5.06. The number of esters is 1. The summed E-state index contributed by atoms with van der Waals surface area (Å²) in [5, 5.41) is 0. The van der Waals surface area contributed by atoms with Crippen LogP contribution in [0.25, 0.3) is 0 Å². The van der Waals surface area contributed by atoms with Crippen molar-refractivity contribution in [3.8, 4) is 17.2 Å². The molecule has 1 unspecified atom stereocenters. The predicted molar refractivity (Wildman–Crippen MR) is 163 cm³/mol. The van der Waals surface area contributed by atoms with E-state index in [0.717, 1.165) is 27.8 Å². The van der Waals surface area contributed by atoms with E-state index >= 15 is 0 Å². The van der Waals surface area contributed by atoms with Crippen molar-refractivity contribution < 1.29 is 23.7 Å². The number of nitrogens with two attached hydrogens (primary N) is 1. The highest BCUT2D eigenvalue weighted by Crippen LogP contribution is 2.40. The molecule has 0 aliphatic rings. The highest BCUT2D eigenvalue weighted by atomic mass is 16.6. The molecule has 0 heterocycles. The van der Waals surface area contributed by atoms with Crippen LogP contribution in [0.15, 0.2) is 133 Å². The summed E-state index contributed by atoms with van der Waals surface area (Å²) >= 11 is 0. The Labute approximate surface area is 246 Å². The molecular weight excluding hydrogens is 526 g/mol.